The van der Waals surface area contributed by atoms with Crippen LogP contribution in [0.5, 0.6) is 0 Å². The maximum Gasteiger partial charge on any atom is 0.408 e. The van der Waals surface area contributed by atoms with Gasteiger partial charge in [0.25, 0.3) is 0 Å². The predicted octanol–water partition coefficient (Wildman–Crippen LogP) is 4.49. The number of nitrogens with one attached hydrogen (secondary N) is 2. The molecule has 1 aromatic rings. The fourth-order valence-electron chi connectivity index (χ4n) is 3.93. The van der Waals surface area contributed by atoms with E-state index in [1.54, 1.807) is 25.7 Å². The number of ether oxygens (including phenoxy) is 1. The number of benzene rings is 1. The van der Waals surface area contributed by atoms with Crippen molar-refractivity contribution in [1.82, 2.24) is 15.5 Å². The van der Waals surface area contributed by atoms with Gasteiger partial charge < -0.3 is 20.3 Å². The van der Waals surface area contributed by atoms with E-state index in [0.717, 1.165) is 30.4 Å². The van der Waals surface area contributed by atoms with E-state index >= 15 is 0 Å². The standard InChI is InChI=1S/C26H41N3O4/c1-16(2)21(28-25(32)33-26(6,7)8)24(31)29(20-13-10-14-20)22(23(30)27-17(3)4)19-12-9-11-18(5)15-19/h9,11-12,15-17,20-22H,10,13-14H2,1-8H3,(H,27,30)(H,28,32). The third-order valence-electron chi connectivity index (χ3n) is 5.64. The molecule has 0 spiro atoms. The van der Waals surface area contributed by atoms with Gasteiger partial charge in [0.15, 0.2) is 0 Å². The molecule has 0 bridgehead atoms. The molecule has 1 aliphatic rings. The van der Waals surface area contributed by atoms with Crippen LogP contribution in [0.1, 0.15) is 84.9 Å². The average molecular weight is 460 g/mol. The maximum absolute atomic E-state index is 14.0. The van der Waals surface area contributed by atoms with Gasteiger partial charge in [-0.15, -0.1) is 0 Å². The monoisotopic (exact) mass is 459 g/mol. The van der Waals surface area contributed by atoms with E-state index in [4.69, 9.17) is 4.74 Å². The van der Waals surface area contributed by atoms with Gasteiger partial charge in [0.1, 0.15) is 17.7 Å². The first-order chi connectivity index (χ1) is 15.3. The molecule has 184 valence electrons. The van der Waals surface area contributed by atoms with E-state index in [9.17, 15) is 14.4 Å². The van der Waals surface area contributed by atoms with Crippen molar-refractivity contribution in [2.24, 2.45) is 5.92 Å². The van der Waals surface area contributed by atoms with Crippen molar-refractivity contribution in [2.45, 2.75) is 104 Å². The second-order valence-corrected chi connectivity index (χ2v) is 10.7. The van der Waals surface area contributed by atoms with Crippen LogP contribution in [-0.2, 0) is 14.3 Å². The fourth-order valence-corrected chi connectivity index (χ4v) is 3.93. The molecule has 0 heterocycles. The van der Waals surface area contributed by atoms with Crippen molar-refractivity contribution in [2.75, 3.05) is 0 Å². The van der Waals surface area contributed by atoms with Crippen LogP contribution in [0.3, 0.4) is 0 Å². The van der Waals surface area contributed by atoms with Crippen LogP contribution in [0.4, 0.5) is 4.79 Å². The summed E-state index contributed by atoms with van der Waals surface area (Å²) in [6.45, 7) is 14.9. The van der Waals surface area contributed by atoms with E-state index in [-0.39, 0.29) is 29.8 Å². The second-order valence-electron chi connectivity index (χ2n) is 10.7. The number of hydrogen-bond acceptors (Lipinski definition) is 4. The van der Waals surface area contributed by atoms with Gasteiger partial charge in [-0.25, -0.2) is 4.79 Å². The van der Waals surface area contributed by atoms with E-state index in [0.29, 0.717) is 0 Å². The summed E-state index contributed by atoms with van der Waals surface area (Å²) in [5, 5.41) is 5.76. The molecule has 2 N–H and O–H groups in total. The Morgan fingerprint density at radius 3 is 2.15 bits per heavy atom. The molecule has 0 radical (unpaired) electrons. The van der Waals surface area contributed by atoms with Gasteiger partial charge in [-0.2, -0.15) is 0 Å². The Hall–Kier alpha value is -2.57. The lowest BCUT2D eigenvalue weighted by molar-refractivity contribution is -0.148. The third-order valence-corrected chi connectivity index (χ3v) is 5.64. The van der Waals surface area contributed by atoms with Crippen molar-refractivity contribution < 1.29 is 19.1 Å². The number of alkyl carbamates (subject to hydrolysis) is 1. The zero-order chi connectivity index (χ0) is 24.9. The van der Waals surface area contributed by atoms with Gasteiger partial charge in [0.05, 0.1) is 0 Å². The number of carbonyl (C=O) groups is 3. The number of hydrogen-bond donors (Lipinski definition) is 2. The van der Waals surface area contributed by atoms with Crippen LogP contribution >= 0.6 is 0 Å². The molecule has 0 saturated heterocycles. The van der Waals surface area contributed by atoms with Crippen molar-refractivity contribution in [1.29, 1.82) is 0 Å². The van der Waals surface area contributed by atoms with Crippen LogP contribution in [0.25, 0.3) is 0 Å². The van der Waals surface area contributed by atoms with E-state index in [1.807, 2.05) is 58.9 Å². The molecule has 1 aliphatic carbocycles. The Morgan fingerprint density at radius 2 is 1.70 bits per heavy atom. The Morgan fingerprint density at radius 1 is 1.06 bits per heavy atom. The smallest absolute Gasteiger partial charge is 0.408 e. The average Bonchev–Trinajstić information content (AvgIpc) is 2.61. The van der Waals surface area contributed by atoms with Crippen molar-refractivity contribution >= 4 is 17.9 Å². The zero-order valence-corrected chi connectivity index (χ0v) is 21.4. The Balaban J connectivity index is 2.46. The minimum atomic E-state index is -0.806. The maximum atomic E-state index is 14.0. The summed E-state index contributed by atoms with van der Waals surface area (Å²) in [6, 6.07) is 6.02. The fraction of sp³-hybridized carbons (Fsp3) is 0.654. The lowest BCUT2D eigenvalue weighted by Gasteiger charge is -2.44. The Bertz CT molecular complexity index is 840. The molecule has 3 amide bonds. The molecule has 0 aromatic heterocycles. The van der Waals surface area contributed by atoms with Gasteiger partial charge in [-0.1, -0.05) is 43.7 Å². The number of amides is 3. The minimum Gasteiger partial charge on any atom is -0.444 e. The first kappa shape index (κ1) is 26.7. The summed E-state index contributed by atoms with van der Waals surface area (Å²) in [4.78, 5) is 41.7. The van der Waals surface area contributed by atoms with Crippen molar-refractivity contribution in [3.05, 3.63) is 35.4 Å². The number of carbonyl (C=O) groups excluding carboxylic acids is 3. The van der Waals surface area contributed by atoms with Crippen molar-refractivity contribution in [3.8, 4) is 0 Å². The zero-order valence-electron chi connectivity index (χ0n) is 21.4. The third kappa shape index (κ3) is 7.47. The SMILES string of the molecule is Cc1cccc(C(C(=O)NC(C)C)N(C(=O)C(NC(=O)OC(C)(C)C)C(C)C)C2CCC2)c1. The van der Waals surface area contributed by atoms with Crippen LogP contribution in [0.15, 0.2) is 24.3 Å². The van der Waals surface area contributed by atoms with E-state index in [2.05, 4.69) is 10.6 Å². The molecule has 2 rings (SSSR count). The number of rotatable bonds is 8. The predicted molar refractivity (Wildman–Crippen MR) is 130 cm³/mol. The van der Waals surface area contributed by atoms with Crippen molar-refractivity contribution in [3.63, 3.8) is 0 Å². The Labute approximate surface area is 198 Å². The largest absolute Gasteiger partial charge is 0.444 e. The summed E-state index contributed by atoms with van der Waals surface area (Å²) < 4.78 is 5.41. The molecule has 1 aromatic carbocycles. The van der Waals surface area contributed by atoms with Gasteiger partial charge >= 0.3 is 6.09 Å². The first-order valence-electron chi connectivity index (χ1n) is 12.0. The second kappa shape index (κ2) is 11.0. The molecule has 33 heavy (non-hydrogen) atoms. The summed E-state index contributed by atoms with van der Waals surface area (Å²) in [5.41, 5.74) is 1.11. The molecule has 0 aliphatic heterocycles. The normalized spacial score (nSPS) is 16.1. The highest BCUT2D eigenvalue weighted by molar-refractivity contribution is 5.92. The molecule has 1 fully saturated rings. The molecular weight excluding hydrogens is 418 g/mol. The van der Waals surface area contributed by atoms with Gasteiger partial charge in [-0.05, 0) is 72.3 Å². The summed E-state index contributed by atoms with van der Waals surface area (Å²) in [7, 11) is 0. The molecule has 7 nitrogen and oxygen atoms in total. The van der Waals surface area contributed by atoms with Crippen LogP contribution < -0.4 is 10.6 Å². The molecule has 2 atom stereocenters. The van der Waals surface area contributed by atoms with Crippen LogP contribution in [0, 0.1) is 12.8 Å². The number of aryl methyl sites for hydroxylation is 1. The van der Waals surface area contributed by atoms with Gasteiger partial charge in [-0.3, -0.25) is 9.59 Å². The lowest BCUT2D eigenvalue weighted by Crippen LogP contribution is -2.59. The summed E-state index contributed by atoms with van der Waals surface area (Å²) >= 11 is 0. The van der Waals surface area contributed by atoms with E-state index in [1.165, 1.54) is 0 Å². The highest BCUT2D eigenvalue weighted by atomic mass is 16.6. The molecule has 2 unspecified atom stereocenters. The minimum absolute atomic E-state index is 0.0531. The molecule has 7 heteroatoms. The quantitative estimate of drug-likeness (QED) is 0.599. The summed E-state index contributed by atoms with van der Waals surface area (Å²) in [6.07, 6.45) is 2.04. The molecular formula is C26H41N3O4. The van der Waals surface area contributed by atoms with Crippen LogP contribution in [0.2, 0.25) is 0 Å². The topological polar surface area (TPSA) is 87.7 Å². The first-order valence-corrected chi connectivity index (χ1v) is 12.0. The highest BCUT2D eigenvalue weighted by Gasteiger charge is 2.42. The van der Waals surface area contributed by atoms with Crippen LogP contribution in [-0.4, -0.2) is 46.5 Å². The van der Waals surface area contributed by atoms with Gasteiger partial charge in [0.2, 0.25) is 11.8 Å². The lowest BCUT2D eigenvalue weighted by atomic mass is 9.87. The van der Waals surface area contributed by atoms with E-state index < -0.39 is 23.8 Å². The van der Waals surface area contributed by atoms with Gasteiger partial charge in [0, 0.05) is 12.1 Å². The Kier molecular flexibility index (Phi) is 8.92. The molecule has 1 saturated carbocycles. The number of nitrogens with zero attached hydrogens (tertiary/aromatic N) is 1. The highest BCUT2D eigenvalue weighted by Crippen LogP contribution is 2.34. The summed E-state index contributed by atoms with van der Waals surface area (Å²) in [5.74, 6) is -0.652.